The molecule has 0 spiro atoms. The highest BCUT2D eigenvalue weighted by Gasteiger charge is 2.40. The lowest BCUT2D eigenvalue weighted by Crippen LogP contribution is -2.40. The first-order chi connectivity index (χ1) is 19.0. The fraction of sp³-hybridized carbons (Fsp3) is 0.714. The number of nitrogens with zero attached hydrogens (tertiary/aromatic N) is 3. The fourth-order valence-corrected chi connectivity index (χ4v) is 5.37. The van der Waals surface area contributed by atoms with Gasteiger partial charge in [-0.1, -0.05) is 13.3 Å². The van der Waals surface area contributed by atoms with Crippen LogP contribution in [0.5, 0.6) is 0 Å². The number of nitrogens with one attached hydrogen (secondary N) is 2. The molecule has 0 radical (unpaired) electrons. The van der Waals surface area contributed by atoms with Crippen molar-refractivity contribution in [3.8, 4) is 0 Å². The topological polar surface area (TPSA) is 97.6 Å². The van der Waals surface area contributed by atoms with Gasteiger partial charge in [0.15, 0.2) is 5.65 Å². The van der Waals surface area contributed by atoms with Gasteiger partial charge in [0.25, 0.3) is 0 Å². The molecular formula is C28H38F5N5O3. The number of aromatic nitrogens is 3. The molecule has 4 rings (SSSR count). The van der Waals surface area contributed by atoms with Gasteiger partial charge in [0.2, 0.25) is 11.8 Å². The van der Waals surface area contributed by atoms with Crippen molar-refractivity contribution in [3.63, 3.8) is 0 Å². The zero-order chi connectivity index (χ0) is 30.2. The maximum atomic E-state index is 13.9. The van der Waals surface area contributed by atoms with Crippen molar-refractivity contribution in [2.45, 2.75) is 109 Å². The molecule has 2 aliphatic carbocycles. The zero-order valence-corrected chi connectivity index (χ0v) is 23.7. The predicted octanol–water partition coefficient (Wildman–Crippen LogP) is 6.67. The molecule has 8 nitrogen and oxygen atoms in total. The summed E-state index contributed by atoms with van der Waals surface area (Å²) in [5, 5.41) is 10.0. The average molecular weight is 588 g/mol. The van der Waals surface area contributed by atoms with Crippen molar-refractivity contribution < 1.29 is 36.3 Å². The van der Waals surface area contributed by atoms with Crippen LogP contribution in [0.25, 0.3) is 5.65 Å². The third-order valence-corrected chi connectivity index (χ3v) is 7.93. The summed E-state index contributed by atoms with van der Waals surface area (Å²) in [6.07, 6.45) is -0.282. The molecule has 0 bridgehead atoms. The van der Waals surface area contributed by atoms with Crippen LogP contribution >= 0.6 is 0 Å². The number of carbonyl (C=O) groups excluding carboxylic acids is 2. The highest BCUT2D eigenvalue weighted by molar-refractivity contribution is 5.77. The Bertz CT molecular complexity index is 1230. The second-order valence-corrected chi connectivity index (χ2v) is 12.5. The molecule has 0 aliphatic heterocycles. The van der Waals surface area contributed by atoms with E-state index in [2.05, 4.69) is 20.7 Å². The molecule has 2 aliphatic rings. The Kier molecular flexibility index (Phi) is 8.84. The molecule has 3 atom stereocenters. The molecule has 2 aromatic rings. The summed E-state index contributed by atoms with van der Waals surface area (Å²) in [5.74, 6) is -5.45. The molecular weight excluding hydrogens is 549 g/mol. The van der Waals surface area contributed by atoms with E-state index in [0.29, 0.717) is 16.9 Å². The van der Waals surface area contributed by atoms with Crippen LogP contribution < -0.4 is 10.6 Å². The summed E-state index contributed by atoms with van der Waals surface area (Å²) >= 11 is 0. The van der Waals surface area contributed by atoms with Gasteiger partial charge in [0.1, 0.15) is 5.60 Å². The predicted molar refractivity (Wildman–Crippen MR) is 140 cm³/mol. The van der Waals surface area contributed by atoms with Gasteiger partial charge < -0.3 is 15.4 Å². The Morgan fingerprint density at radius 3 is 2.27 bits per heavy atom. The van der Waals surface area contributed by atoms with E-state index < -0.39 is 54.1 Å². The minimum absolute atomic E-state index is 0.0596. The van der Waals surface area contributed by atoms with Crippen LogP contribution in [0.2, 0.25) is 0 Å². The highest BCUT2D eigenvalue weighted by atomic mass is 19.4. The Balaban J connectivity index is 1.58. The van der Waals surface area contributed by atoms with Crippen molar-refractivity contribution in [1.29, 1.82) is 0 Å². The molecule has 0 aromatic carbocycles. The number of hydrogen-bond donors (Lipinski definition) is 2. The number of carbonyl (C=O) groups is 2. The van der Waals surface area contributed by atoms with Crippen LogP contribution in [0.15, 0.2) is 18.5 Å². The molecule has 41 heavy (non-hydrogen) atoms. The first-order valence-corrected chi connectivity index (χ1v) is 14.1. The van der Waals surface area contributed by atoms with Crippen molar-refractivity contribution in [2.75, 3.05) is 0 Å². The lowest BCUT2D eigenvalue weighted by Gasteiger charge is -2.34. The summed E-state index contributed by atoms with van der Waals surface area (Å²) in [5.41, 5.74) is 0.680. The third-order valence-electron chi connectivity index (χ3n) is 7.93. The SMILES string of the molecule is CC(CC(=O)N[C@@H](c1cnn2cc([C@@H](NC(=O)OC(C)(C)C)C3CCC(F)(F)CC3)nc2c1)C1CCC1)C(F)(F)F. The van der Waals surface area contributed by atoms with E-state index >= 15 is 0 Å². The smallest absolute Gasteiger partial charge is 0.408 e. The fourth-order valence-electron chi connectivity index (χ4n) is 5.37. The highest BCUT2D eigenvalue weighted by Crippen LogP contribution is 2.42. The van der Waals surface area contributed by atoms with Crippen molar-refractivity contribution in [3.05, 3.63) is 29.7 Å². The Morgan fingerprint density at radius 2 is 1.71 bits per heavy atom. The zero-order valence-electron chi connectivity index (χ0n) is 23.7. The van der Waals surface area contributed by atoms with Crippen LogP contribution in [0.4, 0.5) is 26.7 Å². The number of alkyl carbamates (subject to hydrolysis) is 1. The summed E-state index contributed by atoms with van der Waals surface area (Å²) in [7, 11) is 0. The van der Waals surface area contributed by atoms with Crippen LogP contribution in [-0.4, -0.2) is 44.3 Å². The van der Waals surface area contributed by atoms with E-state index in [1.54, 1.807) is 39.2 Å². The molecule has 2 fully saturated rings. The minimum Gasteiger partial charge on any atom is -0.444 e. The van der Waals surface area contributed by atoms with Gasteiger partial charge in [-0.25, -0.2) is 23.1 Å². The summed E-state index contributed by atoms with van der Waals surface area (Å²) in [6, 6.07) is 0.495. The van der Waals surface area contributed by atoms with Crippen LogP contribution in [-0.2, 0) is 9.53 Å². The standard InChI is InChI=1S/C28H38F5N5O3/c1-16(28(31,32)33)12-22(39)36-23(17-6-5-7-17)19-13-21-35-20(15-38(21)34-14-19)24(37-25(40)41-26(2,3)4)18-8-10-27(29,30)11-9-18/h13-18,23-24H,5-12H2,1-4H3,(H,36,39)(H,37,40)/t16?,23-,24+/m1/s1. The lowest BCUT2D eigenvalue weighted by atomic mass is 9.77. The van der Waals surface area contributed by atoms with E-state index in [9.17, 15) is 31.5 Å². The van der Waals surface area contributed by atoms with Gasteiger partial charge in [-0.2, -0.15) is 18.3 Å². The average Bonchev–Trinajstić information content (AvgIpc) is 3.22. The number of imidazole rings is 1. The largest absolute Gasteiger partial charge is 0.444 e. The Morgan fingerprint density at radius 1 is 1.07 bits per heavy atom. The van der Waals surface area contributed by atoms with Crippen LogP contribution in [0.1, 0.15) is 102 Å². The molecule has 228 valence electrons. The van der Waals surface area contributed by atoms with E-state index in [4.69, 9.17) is 4.74 Å². The second-order valence-electron chi connectivity index (χ2n) is 12.5. The molecule has 2 N–H and O–H groups in total. The maximum absolute atomic E-state index is 13.9. The molecule has 2 saturated carbocycles. The molecule has 2 amide bonds. The van der Waals surface area contributed by atoms with Gasteiger partial charge in [-0.15, -0.1) is 0 Å². The van der Waals surface area contributed by atoms with E-state index in [-0.39, 0.29) is 37.5 Å². The van der Waals surface area contributed by atoms with E-state index in [1.165, 1.54) is 4.52 Å². The van der Waals surface area contributed by atoms with E-state index in [1.807, 2.05) is 0 Å². The molecule has 1 unspecified atom stereocenters. The van der Waals surface area contributed by atoms with Crippen molar-refractivity contribution in [2.24, 2.45) is 17.8 Å². The number of rotatable bonds is 8. The molecule has 0 saturated heterocycles. The van der Waals surface area contributed by atoms with Gasteiger partial charge >= 0.3 is 12.3 Å². The first-order valence-electron chi connectivity index (χ1n) is 14.1. The number of ether oxygens (including phenoxy) is 1. The number of halogens is 5. The van der Waals surface area contributed by atoms with Gasteiger partial charge in [-0.3, -0.25) is 4.79 Å². The molecule has 2 aromatic heterocycles. The Hall–Kier alpha value is -2.99. The summed E-state index contributed by atoms with van der Waals surface area (Å²) in [6.45, 7) is 6.15. The maximum Gasteiger partial charge on any atom is 0.408 e. The summed E-state index contributed by atoms with van der Waals surface area (Å²) in [4.78, 5) is 29.9. The monoisotopic (exact) mass is 587 g/mol. The van der Waals surface area contributed by atoms with Crippen LogP contribution in [0.3, 0.4) is 0 Å². The number of amides is 2. The molecule has 13 heteroatoms. The first kappa shape index (κ1) is 31.0. The van der Waals surface area contributed by atoms with Gasteiger partial charge in [0.05, 0.1) is 36.1 Å². The quantitative estimate of drug-likeness (QED) is 0.337. The summed E-state index contributed by atoms with van der Waals surface area (Å²) < 4.78 is 73.7. The lowest BCUT2D eigenvalue weighted by molar-refractivity contribution is -0.174. The second kappa shape index (κ2) is 11.7. The third kappa shape index (κ3) is 8.06. The van der Waals surface area contributed by atoms with E-state index in [0.717, 1.165) is 26.2 Å². The number of hydrogen-bond acceptors (Lipinski definition) is 5. The van der Waals surface area contributed by atoms with Crippen molar-refractivity contribution >= 4 is 17.6 Å². The minimum atomic E-state index is -4.46. The van der Waals surface area contributed by atoms with Crippen LogP contribution in [0, 0.1) is 17.8 Å². The van der Waals surface area contributed by atoms with Gasteiger partial charge in [-0.05, 0) is 69.9 Å². The van der Waals surface area contributed by atoms with Crippen molar-refractivity contribution in [1.82, 2.24) is 25.2 Å². The Labute approximate surface area is 235 Å². The van der Waals surface area contributed by atoms with Gasteiger partial charge in [0, 0.05) is 19.3 Å². The molecule has 2 heterocycles. The normalized spacial score (nSPS) is 20.6. The number of fused-ring (bicyclic) bond motifs is 1. The number of alkyl halides is 5.